The molecule has 1 aromatic rings. The van der Waals surface area contributed by atoms with Crippen molar-refractivity contribution in [3.8, 4) is 0 Å². The van der Waals surface area contributed by atoms with Crippen molar-refractivity contribution in [1.29, 1.82) is 0 Å². The molecule has 0 amide bonds. The van der Waals surface area contributed by atoms with Gasteiger partial charge in [0.05, 0.1) is 0 Å². The van der Waals surface area contributed by atoms with Crippen LogP contribution in [0, 0.1) is 0 Å². The third-order valence-corrected chi connectivity index (χ3v) is 1.23. The van der Waals surface area contributed by atoms with Crippen LogP contribution in [0.25, 0.3) is 0 Å². The second-order valence-corrected chi connectivity index (χ2v) is 1.89. The van der Waals surface area contributed by atoms with E-state index in [4.69, 9.17) is 0 Å². The van der Waals surface area contributed by atoms with Gasteiger partial charge in [-0.3, -0.25) is 4.98 Å². The largest absolute Gasteiger partial charge is 0.307 e. The van der Waals surface area contributed by atoms with Crippen molar-refractivity contribution < 1.29 is 4.79 Å². The highest BCUT2D eigenvalue weighted by molar-refractivity contribution is 6.76. The first-order chi connectivity index (χ1) is 4.84. The van der Waals surface area contributed by atoms with Crippen LogP contribution in [0.3, 0.4) is 0 Å². The van der Waals surface area contributed by atoms with Gasteiger partial charge in [0.15, 0.2) is 0 Å². The van der Waals surface area contributed by atoms with E-state index in [0.29, 0.717) is 5.56 Å². The van der Waals surface area contributed by atoms with Crippen LogP contribution in [0.4, 0.5) is 0 Å². The van der Waals surface area contributed by atoms with E-state index in [1.807, 2.05) is 0 Å². The van der Waals surface area contributed by atoms with E-state index in [1.54, 1.807) is 31.3 Å². The number of hydrogen-bond acceptors (Lipinski definition) is 2. The van der Waals surface area contributed by atoms with Crippen molar-refractivity contribution in [3.63, 3.8) is 0 Å². The van der Waals surface area contributed by atoms with Gasteiger partial charge in [0.2, 0.25) is 7.28 Å². The Morgan fingerprint density at radius 3 is 2.60 bits per heavy atom. The third kappa shape index (κ3) is 1.44. The van der Waals surface area contributed by atoms with Crippen molar-refractivity contribution >= 4 is 13.0 Å². The van der Waals surface area contributed by atoms with Crippen molar-refractivity contribution in [1.82, 2.24) is 4.98 Å². The van der Waals surface area contributed by atoms with Crippen LogP contribution in [-0.4, -0.2) is 17.9 Å². The van der Waals surface area contributed by atoms with Crippen LogP contribution in [-0.2, 0) is 0 Å². The molecule has 0 atom stereocenters. The number of rotatable bonds is 2. The van der Waals surface area contributed by atoms with Gasteiger partial charge in [0.25, 0.3) is 0 Å². The quantitative estimate of drug-likeness (QED) is 0.561. The molecule has 1 aromatic heterocycles. The van der Waals surface area contributed by atoms with Crippen molar-refractivity contribution in [3.05, 3.63) is 30.1 Å². The van der Waals surface area contributed by atoms with Gasteiger partial charge in [0, 0.05) is 18.0 Å². The Kier molecular flexibility index (Phi) is 2.21. The van der Waals surface area contributed by atoms with Crippen LogP contribution >= 0.6 is 0 Å². The zero-order valence-electron chi connectivity index (χ0n) is 5.74. The summed E-state index contributed by atoms with van der Waals surface area (Å²) in [6.07, 6.45) is 3.22. The molecule has 0 bridgehead atoms. The molecule has 0 fully saturated rings. The minimum atomic E-state index is 0.0439. The average Bonchev–Trinajstić information content (AvgIpc) is 2.05. The predicted octanol–water partition coefficient (Wildman–Crippen LogP) is 0.974. The Balaban J connectivity index is 2.85. The summed E-state index contributed by atoms with van der Waals surface area (Å²) in [6, 6.07) is 3.39. The summed E-state index contributed by atoms with van der Waals surface area (Å²) < 4.78 is 0. The molecule has 1 radical (unpaired) electrons. The summed E-state index contributed by atoms with van der Waals surface area (Å²) in [5, 5.41) is 0. The molecule has 49 valence electrons. The summed E-state index contributed by atoms with van der Waals surface area (Å²) in [5.41, 5.74) is 0.736. The molecule has 0 saturated carbocycles. The lowest BCUT2D eigenvalue weighted by atomic mass is 9.74. The van der Waals surface area contributed by atoms with Gasteiger partial charge in [-0.1, -0.05) is 6.82 Å². The van der Waals surface area contributed by atoms with Gasteiger partial charge < -0.3 is 4.79 Å². The van der Waals surface area contributed by atoms with Crippen LogP contribution in [0.2, 0.25) is 6.82 Å². The first-order valence-corrected chi connectivity index (χ1v) is 3.08. The van der Waals surface area contributed by atoms with Gasteiger partial charge in [-0.15, -0.1) is 0 Å². The van der Waals surface area contributed by atoms with Crippen LogP contribution < -0.4 is 0 Å². The molecule has 10 heavy (non-hydrogen) atoms. The highest BCUT2D eigenvalue weighted by atomic mass is 16.1. The molecular weight excluding hydrogens is 125 g/mol. The standard InChI is InChI=1S/C7H7BNO/c1-8-7(10)6-2-4-9-5-3-6/h2-5H,1H3. The Labute approximate surface area is 60.5 Å². The molecule has 0 aliphatic heterocycles. The molecule has 0 aromatic carbocycles. The molecule has 1 heterocycles. The number of nitrogens with zero attached hydrogens (tertiary/aromatic N) is 1. The number of aromatic nitrogens is 1. The van der Waals surface area contributed by atoms with E-state index in [1.165, 1.54) is 7.28 Å². The monoisotopic (exact) mass is 132 g/mol. The summed E-state index contributed by atoms with van der Waals surface area (Å²) in [4.78, 5) is 14.7. The van der Waals surface area contributed by atoms with Crippen molar-refractivity contribution in [2.45, 2.75) is 6.82 Å². The second kappa shape index (κ2) is 3.15. The topological polar surface area (TPSA) is 30.0 Å². The zero-order chi connectivity index (χ0) is 7.40. The molecule has 2 nitrogen and oxygen atoms in total. The minimum Gasteiger partial charge on any atom is -0.307 e. The van der Waals surface area contributed by atoms with E-state index in [2.05, 4.69) is 4.98 Å². The minimum absolute atomic E-state index is 0.0439. The molecular formula is C7H7BNO. The molecule has 3 heteroatoms. The fourth-order valence-electron chi connectivity index (χ4n) is 0.683. The maximum absolute atomic E-state index is 10.9. The fourth-order valence-corrected chi connectivity index (χ4v) is 0.683. The second-order valence-electron chi connectivity index (χ2n) is 1.89. The molecule has 0 aliphatic rings. The summed E-state index contributed by atoms with van der Waals surface area (Å²) in [7, 11) is 1.54. The lowest BCUT2D eigenvalue weighted by Gasteiger charge is -1.92. The van der Waals surface area contributed by atoms with E-state index >= 15 is 0 Å². The Bertz CT molecular complexity index is 222. The highest BCUT2D eigenvalue weighted by Crippen LogP contribution is 1.95. The molecule has 0 N–H and O–H groups in total. The maximum Gasteiger partial charge on any atom is 0.205 e. The van der Waals surface area contributed by atoms with E-state index in [9.17, 15) is 4.79 Å². The maximum atomic E-state index is 10.9. The van der Waals surface area contributed by atoms with Gasteiger partial charge in [0.1, 0.15) is 5.68 Å². The van der Waals surface area contributed by atoms with E-state index < -0.39 is 0 Å². The molecule has 1 rings (SSSR count). The zero-order valence-corrected chi connectivity index (χ0v) is 5.74. The van der Waals surface area contributed by atoms with Gasteiger partial charge in [-0.25, -0.2) is 0 Å². The average molecular weight is 132 g/mol. The van der Waals surface area contributed by atoms with Gasteiger partial charge in [-0.05, 0) is 12.1 Å². The molecule has 0 aliphatic carbocycles. The summed E-state index contributed by atoms with van der Waals surface area (Å²) >= 11 is 0. The van der Waals surface area contributed by atoms with E-state index in [-0.39, 0.29) is 5.68 Å². The molecule has 0 spiro atoms. The van der Waals surface area contributed by atoms with Crippen LogP contribution in [0.5, 0.6) is 0 Å². The number of hydrogen-bond donors (Lipinski definition) is 0. The Morgan fingerprint density at radius 1 is 1.50 bits per heavy atom. The Morgan fingerprint density at radius 2 is 2.10 bits per heavy atom. The third-order valence-electron chi connectivity index (χ3n) is 1.23. The first-order valence-electron chi connectivity index (χ1n) is 3.08. The lowest BCUT2D eigenvalue weighted by molar-refractivity contribution is 0.107. The van der Waals surface area contributed by atoms with Gasteiger partial charge in [-0.2, -0.15) is 0 Å². The smallest absolute Gasteiger partial charge is 0.205 e. The summed E-state index contributed by atoms with van der Waals surface area (Å²) in [5.74, 6) is 0. The van der Waals surface area contributed by atoms with Crippen molar-refractivity contribution in [2.75, 3.05) is 0 Å². The number of carbonyl (C=O) groups is 1. The SMILES string of the molecule is C[B]C(=O)c1ccncc1. The number of pyridine rings is 1. The van der Waals surface area contributed by atoms with Gasteiger partial charge >= 0.3 is 0 Å². The molecule has 0 unspecified atom stereocenters. The number of carbonyl (C=O) groups excluding carboxylic acids is 1. The normalized spacial score (nSPS) is 8.90. The lowest BCUT2D eigenvalue weighted by Crippen LogP contribution is -2.04. The Hall–Kier alpha value is -1.12. The predicted molar refractivity (Wildman–Crippen MR) is 40.2 cm³/mol. The fraction of sp³-hybridized carbons (Fsp3) is 0.143. The summed E-state index contributed by atoms with van der Waals surface area (Å²) in [6.45, 7) is 1.72. The molecule has 0 saturated heterocycles. The van der Waals surface area contributed by atoms with Crippen LogP contribution in [0.15, 0.2) is 24.5 Å². The highest BCUT2D eigenvalue weighted by Gasteiger charge is 2.00. The van der Waals surface area contributed by atoms with Crippen molar-refractivity contribution in [2.24, 2.45) is 0 Å². The van der Waals surface area contributed by atoms with E-state index in [0.717, 1.165) is 0 Å². The van der Waals surface area contributed by atoms with Crippen LogP contribution in [0.1, 0.15) is 10.4 Å². The first kappa shape index (κ1) is 7.00.